The highest BCUT2D eigenvalue weighted by molar-refractivity contribution is 6.53. The van der Waals surface area contributed by atoms with Gasteiger partial charge in [-0.2, -0.15) is 0 Å². The molecule has 1 unspecified atom stereocenters. The molecule has 0 spiro atoms. The Labute approximate surface area is 258 Å². The third-order valence-corrected chi connectivity index (χ3v) is 8.05. The average Bonchev–Trinajstić information content (AvgIpc) is 3.52. The lowest BCUT2D eigenvalue weighted by Gasteiger charge is -2.15. The first kappa shape index (κ1) is 31.9. The Kier molecular flexibility index (Phi) is 9.64. The Balaban J connectivity index is 1.50. The third-order valence-electron chi connectivity index (χ3n) is 6.49. The van der Waals surface area contributed by atoms with Crippen molar-refractivity contribution in [2.24, 2.45) is 5.92 Å². The van der Waals surface area contributed by atoms with E-state index < -0.39 is 68.8 Å². The van der Waals surface area contributed by atoms with Gasteiger partial charge in [-0.25, -0.2) is 13.2 Å². The molecule has 1 aliphatic carbocycles. The van der Waals surface area contributed by atoms with Crippen LogP contribution in [0.5, 0.6) is 0 Å². The summed E-state index contributed by atoms with van der Waals surface area (Å²) >= 11 is 24.7. The first-order valence-electron chi connectivity index (χ1n) is 12.4. The number of carbonyl (C=O) groups is 3. The normalized spacial score (nSPS) is 17.7. The molecule has 0 aliphatic heterocycles. The lowest BCUT2D eigenvalue weighted by Crippen LogP contribution is -2.28. The molecule has 0 aromatic heterocycles. The molecule has 42 heavy (non-hydrogen) atoms. The molecule has 14 heteroatoms. The summed E-state index contributed by atoms with van der Waals surface area (Å²) in [5.41, 5.74) is -0.775. The van der Waals surface area contributed by atoms with E-state index in [1.54, 1.807) is 6.92 Å². The van der Waals surface area contributed by atoms with Gasteiger partial charge in [0.15, 0.2) is 5.82 Å². The first-order chi connectivity index (χ1) is 19.8. The highest BCUT2D eigenvalue weighted by atomic mass is 35.5. The number of hydrogen-bond acceptors (Lipinski definition) is 4. The summed E-state index contributed by atoms with van der Waals surface area (Å²) in [5, 5.41) is 6.82. The van der Waals surface area contributed by atoms with E-state index in [2.05, 4.69) is 16.0 Å². The molecule has 3 aromatic rings. The van der Waals surface area contributed by atoms with Gasteiger partial charge in [0.25, 0.3) is 11.8 Å². The van der Waals surface area contributed by atoms with E-state index in [-0.39, 0.29) is 27.9 Å². The molecule has 0 saturated heterocycles. The lowest BCUT2D eigenvalue weighted by atomic mass is 10.1. The fourth-order valence-corrected chi connectivity index (χ4v) is 5.49. The maximum atomic E-state index is 15.1. The van der Waals surface area contributed by atoms with E-state index in [4.69, 9.17) is 51.1 Å². The largest absolute Gasteiger partial charge is 0.369 e. The van der Waals surface area contributed by atoms with E-state index in [9.17, 15) is 23.2 Å². The monoisotopic (exact) mass is 661 g/mol. The van der Waals surface area contributed by atoms with Gasteiger partial charge in [-0.15, -0.1) is 23.2 Å². The van der Waals surface area contributed by atoms with Gasteiger partial charge < -0.3 is 20.7 Å². The maximum absolute atomic E-state index is 15.1. The fourth-order valence-electron chi connectivity index (χ4n) is 4.27. The van der Waals surface area contributed by atoms with Crippen molar-refractivity contribution in [2.45, 2.75) is 30.2 Å². The molecule has 3 atom stereocenters. The predicted molar refractivity (Wildman–Crippen MR) is 156 cm³/mol. The first-order valence-corrected chi connectivity index (χ1v) is 13.9. The van der Waals surface area contributed by atoms with Crippen LogP contribution in [0.2, 0.25) is 10.0 Å². The van der Waals surface area contributed by atoms with Crippen molar-refractivity contribution in [3.05, 3.63) is 87.2 Å². The zero-order valence-corrected chi connectivity index (χ0v) is 24.9. The minimum atomic E-state index is -1.49. The van der Waals surface area contributed by atoms with E-state index in [1.165, 1.54) is 37.3 Å². The quantitative estimate of drug-likeness (QED) is 0.206. The van der Waals surface area contributed by atoms with Crippen LogP contribution in [0.1, 0.15) is 35.7 Å². The summed E-state index contributed by atoms with van der Waals surface area (Å²) in [4.78, 5) is 38.3. The molecular formula is C28H22Cl4F3N3O4. The van der Waals surface area contributed by atoms with Crippen LogP contribution >= 0.6 is 46.4 Å². The zero-order valence-electron chi connectivity index (χ0n) is 21.8. The summed E-state index contributed by atoms with van der Waals surface area (Å²) in [6.07, 6.45) is -0.981. The number of anilines is 3. The topological polar surface area (TPSA) is 96.5 Å². The van der Waals surface area contributed by atoms with Gasteiger partial charge in [-0.1, -0.05) is 29.3 Å². The molecule has 1 saturated carbocycles. The van der Waals surface area contributed by atoms with Crippen LogP contribution in [0.25, 0.3) is 0 Å². The van der Waals surface area contributed by atoms with Crippen molar-refractivity contribution < 1.29 is 32.3 Å². The molecule has 0 heterocycles. The van der Waals surface area contributed by atoms with Crippen molar-refractivity contribution in [3.63, 3.8) is 0 Å². The molecule has 0 bridgehead atoms. The van der Waals surface area contributed by atoms with Crippen molar-refractivity contribution in [1.82, 2.24) is 0 Å². The van der Waals surface area contributed by atoms with Gasteiger partial charge in [-0.05, 0) is 61.9 Å². The number of hydrogen-bond donors (Lipinski definition) is 3. The number of benzene rings is 3. The Morgan fingerprint density at radius 2 is 1.62 bits per heavy atom. The predicted octanol–water partition coefficient (Wildman–Crippen LogP) is 7.55. The van der Waals surface area contributed by atoms with Crippen LogP contribution in [0.15, 0.2) is 48.5 Å². The molecule has 1 fully saturated rings. The van der Waals surface area contributed by atoms with Gasteiger partial charge >= 0.3 is 0 Å². The van der Waals surface area contributed by atoms with Crippen molar-refractivity contribution in [1.29, 1.82) is 0 Å². The Morgan fingerprint density at radius 1 is 0.929 bits per heavy atom. The van der Waals surface area contributed by atoms with Crippen LogP contribution in [0.4, 0.5) is 30.2 Å². The van der Waals surface area contributed by atoms with Crippen molar-refractivity contribution >= 4 is 81.2 Å². The third kappa shape index (κ3) is 6.63. The van der Waals surface area contributed by atoms with Gasteiger partial charge in [0.1, 0.15) is 27.8 Å². The van der Waals surface area contributed by atoms with Crippen LogP contribution in [-0.4, -0.2) is 34.8 Å². The summed E-state index contributed by atoms with van der Waals surface area (Å²) in [6.45, 7) is 3.28. The molecule has 3 N–H and O–H groups in total. The number of halogens is 7. The fraction of sp³-hybridized carbons (Fsp3) is 0.250. The highest BCUT2D eigenvalue weighted by Crippen LogP contribution is 2.65. The smallest absolute Gasteiger partial charge is 0.257 e. The number of carbonyl (C=O) groups excluding carboxylic acids is 3. The second kappa shape index (κ2) is 12.7. The molecule has 1 aliphatic rings. The molecule has 0 radical (unpaired) electrons. The van der Waals surface area contributed by atoms with Crippen LogP contribution in [0, 0.1) is 23.4 Å². The lowest BCUT2D eigenvalue weighted by molar-refractivity contribution is -0.126. The maximum Gasteiger partial charge on any atom is 0.257 e. The minimum absolute atomic E-state index is 0.0404. The van der Waals surface area contributed by atoms with E-state index in [0.717, 1.165) is 18.2 Å². The summed E-state index contributed by atoms with van der Waals surface area (Å²) in [7, 11) is 0. The van der Waals surface area contributed by atoms with Crippen LogP contribution in [0.3, 0.4) is 0 Å². The van der Waals surface area contributed by atoms with Crippen molar-refractivity contribution in [3.8, 4) is 0 Å². The van der Waals surface area contributed by atoms with E-state index in [1.807, 2.05) is 0 Å². The number of ether oxygens (including phenoxy) is 1. The van der Waals surface area contributed by atoms with Gasteiger partial charge in [0.2, 0.25) is 5.91 Å². The van der Waals surface area contributed by atoms with Crippen LogP contribution in [-0.2, 0) is 14.3 Å². The second-order valence-electron chi connectivity index (χ2n) is 9.31. The zero-order chi connectivity index (χ0) is 30.9. The standard InChI is InChI=1S/C28H22Cl4F3N3O4/c1-3-42-12(2)25(39)38-24-19(34)8-9-20(23(24)35)37-26(40)15-11-14(5-6-16(15)29)36-27(41)22-21(28(22,31)32)13-4-7-18(33)17(30)10-13/h4-12,21-22H,3H2,1-2H3,(H,36,41)(H,37,40)(H,38,39)/t12?,21-,22+/m0/s1. The number of alkyl halides is 2. The summed E-state index contributed by atoms with van der Waals surface area (Å²) in [6, 6.07) is 9.72. The number of nitrogens with one attached hydrogen (secondary N) is 3. The van der Waals surface area contributed by atoms with Gasteiger partial charge in [0, 0.05) is 18.2 Å². The molecule has 3 amide bonds. The molecule has 3 aromatic carbocycles. The average molecular weight is 663 g/mol. The summed E-state index contributed by atoms with van der Waals surface area (Å²) in [5.74, 6) is -6.82. The molecule has 4 rings (SSSR count). The van der Waals surface area contributed by atoms with Gasteiger partial charge in [-0.3, -0.25) is 14.4 Å². The van der Waals surface area contributed by atoms with Crippen molar-refractivity contribution in [2.75, 3.05) is 22.6 Å². The Morgan fingerprint density at radius 3 is 2.29 bits per heavy atom. The summed E-state index contributed by atoms with van der Waals surface area (Å²) < 4.78 is 46.6. The Bertz CT molecular complexity index is 1570. The molecule has 7 nitrogen and oxygen atoms in total. The van der Waals surface area contributed by atoms with E-state index >= 15 is 4.39 Å². The molecular weight excluding hydrogens is 641 g/mol. The molecule has 222 valence electrons. The SMILES string of the molecule is CCOC(C)C(=O)Nc1c(F)ccc(NC(=O)c2cc(NC(=O)[C@H]3[C@H](c4ccc(F)c(Cl)c4)C3(Cl)Cl)ccc2Cl)c1F. The van der Waals surface area contributed by atoms with E-state index in [0.29, 0.717) is 5.56 Å². The van der Waals surface area contributed by atoms with Crippen LogP contribution < -0.4 is 16.0 Å². The highest BCUT2D eigenvalue weighted by Gasteiger charge is 2.67. The second-order valence-corrected chi connectivity index (χ2v) is 11.6. The minimum Gasteiger partial charge on any atom is -0.369 e. The number of amides is 3. The number of rotatable bonds is 9. The van der Waals surface area contributed by atoms with Gasteiger partial charge in [0.05, 0.1) is 27.2 Å². The Hall–Kier alpha value is -3.02.